The van der Waals surface area contributed by atoms with Crippen LogP contribution >= 0.6 is 0 Å². The summed E-state index contributed by atoms with van der Waals surface area (Å²) in [5.41, 5.74) is -7.53. The van der Waals surface area contributed by atoms with Crippen molar-refractivity contribution in [2.75, 3.05) is 13.2 Å². The number of aliphatic hydroxyl groups excluding tert-OH is 2. The molecule has 1 saturated heterocycles. The third-order valence-corrected chi connectivity index (χ3v) is 14.1. The lowest BCUT2D eigenvalue weighted by molar-refractivity contribution is -0.345. The molecule has 3 aromatic carbocycles. The van der Waals surface area contributed by atoms with Crippen molar-refractivity contribution in [3.8, 4) is 5.75 Å². The lowest BCUT2D eigenvalue weighted by Crippen LogP contribution is -2.82. The van der Waals surface area contributed by atoms with Gasteiger partial charge in [-0.2, -0.15) is 0 Å². The Bertz CT molecular complexity index is 2470. The monoisotopic (exact) mass is 893 g/mol. The Morgan fingerprint density at radius 1 is 0.862 bits per heavy atom. The van der Waals surface area contributed by atoms with E-state index < -0.39 is 113 Å². The smallest absolute Gasteiger partial charge is 0.338 e. The first-order valence-electron chi connectivity index (χ1n) is 21.4. The molecular formula is C49H51NO15. The molecule has 11 atom stereocenters. The van der Waals surface area contributed by atoms with Crippen LogP contribution < -0.4 is 10.1 Å². The average Bonchev–Trinajstić information content (AvgIpc) is 3.28. The summed E-state index contributed by atoms with van der Waals surface area (Å²) in [4.78, 5) is 85.5. The molecule has 5 aliphatic rings. The van der Waals surface area contributed by atoms with E-state index in [9.17, 15) is 39.3 Å². The van der Waals surface area contributed by atoms with E-state index in [1.165, 1.54) is 50.3 Å². The van der Waals surface area contributed by atoms with Crippen LogP contribution in [0.3, 0.4) is 0 Å². The van der Waals surface area contributed by atoms with Crippen molar-refractivity contribution in [3.63, 3.8) is 0 Å². The number of esters is 4. The van der Waals surface area contributed by atoms with Crippen LogP contribution in [0.15, 0.2) is 108 Å². The number of amides is 1. The van der Waals surface area contributed by atoms with Crippen molar-refractivity contribution in [1.82, 2.24) is 5.32 Å². The molecule has 3 fully saturated rings. The molecule has 65 heavy (non-hydrogen) atoms. The van der Waals surface area contributed by atoms with Gasteiger partial charge in [0, 0.05) is 42.4 Å². The zero-order chi connectivity index (χ0) is 46.6. The molecule has 1 amide bonds. The van der Waals surface area contributed by atoms with Crippen LogP contribution in [-0.4, -0.2) is 112 Å². The first-order chi connectivity index (χ1) is 30.8. The quantitative estimate of drug-likeness (QED) is 0.163. The number of nitrogens with one attached hydrogen (secondary N) is 1. The minimum absolute atomic E-state index is 0.0191. The standard InChI is InChI=1S/C49H51NO15/c1-26-32-24-49(59)42(64-44(57)29-17-10-7-11-18-29)40-47(5,41(55)39(62-27(2)51)36(26)46(49,3)4)33(52)23-34-48(40,25-61-34)65-35(53)21-14-22-60-31-20-13-12-19-30(31)37(38(54)45(58)63-32)50-43(56)28-15-8-6-9-16-28/h6-21,32-34,37-40,42,52,54,59H,22-25H2,1-5H3,(H,50,56)/t32-,33-,34+,37-,38+,39+,40-,42-,47+,48-,49+/m0/s1. The second-order valence-electron chi connectivity index (χ2n) is 18.0. The molecule has 0 aromatic heterocycles. The molecule has 4 bridgehead atoms. The zero-order valence-electron chi connectivity index (χ0n) is 36.4. The van der Waals surface area contributed by atoms with Gasteiger partial charge < -0.3 is 49.1 Å². The van der Waals surface area contributed by atoms with E-state index in [0.29, 0.717) is 0 Å². The van der Waals surface area contributed by atoms with Crippen LogP contribution in [0, 0.1) is 16.7 Å². The SMILES string of the molecule is CC(=O)O[C@H]1C(=O)[C@@]2(C)[C@@H]3[C@H](OC(=O)c4ccccc4)[C@]4(O)C[C@H](OC(=O)[C@H](O)[C@@H](NC(=O)c5ccccc5)c5ccccc5OCC=CC(=O)O[C@]35CO[C@@H]5C[C@@H]2O)C(C)=C1C4(C)C. The summed E-state index contributed by atoms with van der Waals surface area (Å²) in [5, 5.41) is 40.8. The summed E-state index contributed by atoms with van der Waals surface area (Å²) in [5.74, 6) is -7.07. The highest BCUT2D eigenvalue weighted by Gasteiger charge is 2.78. The van der Waals surface area contributed by atoms with E-state index >= 15 is 4.79 Å². The van der Waals surface area contributed by atoms with Crippen molar-refractivity contribution in [2.24, 2.45) is 16.7 Å². The lowest BCUT2D eigenvalue weighted by Gasteiger charge is -2.67. The van der Waals surface area contributed by atoms with Crippen molar-refractivity contribution in [3.05, 3.63) is 125 Å². The summed E-state index contributed by atoms with van der Waals surface area (Å²) in [6.45, 7) is 6.49. The van der Waals surface area contributed by atoms with Gasteiger partial charge in [-0.3, -0.25) is 14.4 Å². The molecule has 3 aromatic rings. The Balaban J connectivity index is 1.36. The average molecular weight is 894 g/mol. The summed E-state index contributed by atoms with van der Waals surface area (Å²) < 4.78 is 36.8. The number of rotatable bonds is 5. The van der Waals surface area contributed by atoms with Crippen molar-refractivity contribution >= 4 is 35.6 Å². The fraction of sp³-hybridized carbons (Fsp3) is 0.429. The van der Waals surface area contributed by atoms with Gasteiger partial charge in [-0.1, -0.05) is 68.4 Å². The molecule has 0 unspecified atom stereocenters. The number of fused-ring (bicyclic) bond motifs is 3. The Morgan fingerprint density at radius 2 is 1.51 bits per heavy atom. The van der Waals surface area contributed by atoms with E-state index in [-0.39, 0.29) is 53.2 Å². The number of para-hydroxylation sites is 1. The number of ether oxygens (including phenoxy) is 6. The maximum absolute atomic E-state index is 15.6. The Hall–Kier alpha value is -6.20. The molecule has 4 N–H and O–H groups in total. The third kappa shape index (κ3) is 7.51. The summed E-state index contributed by atoms with van der Waals surface area (Å²) in [6, 6.07) is 20.7. The minimum Gasteiger partial charge on any atom is -0.489 e. The second-order valence-corrected chi connectivity index (χ2v) is 18.0. The number of carbonyl (C=O) groups is 6. The highest BCUT2D eigenvalue weighted by atomic mass is 16.6. The number of hydrogen-bond donors (Lipinski definition) is 4. The molecule has 2 heterocycles. The van der Waals surface area contributed by atoms with E-state index in [4.69, 9.17) is 28.4 Å². The molecule has 2 aliphatic heterocycles. The number of ketones is 1. The molecule has 16 nitrogen and oxygen atoms in total. The molecule has 0 radical (unpaired) electrons. The minimum atomic E-state index is -2.42. The predicted octanol–water partition coefficient (Wildman–Crippen LogP) is 3.66. The van der Waals surface area contributed by atoms with Gasteiger partial charge in [0.25, 0.3) is 5.91 Å². The van der Waals surface area contributed by atoms with Gasteiger partial charge in [0.15, 0.2) is 23.6 Å². The zero-order valence-corrected chi connectivity index (χ0v) is 36.4. The van der Waals surface area contributed by atoms with E-state index in [2.05, 4.69) is 5.32 Å². The summed E-state index contributed by atoms with van der Waals surface area (Å²) in [6.07, 6.45) is -8.47. The van der Waals surface area contributed by atoms with Crippen LogP contribution in [-0.2, 0) is 42.9 Å². The first-order valence-corrected chi connectivity index (χ1v) is 21.4. The van der Waals surface area contributed by atoms with Gasteiger partial charge >= 0.3 is 23.9 Å². The molecule has 342 valence electrons. The number of benzene rings is 3. The number of aliphatic hydroxyl groups is 3. The van der Waals surface area contributed by atoms with Gasteiger partial charge in [-0.25, -0.2) is 14.4 Å². The molecule has 1 spiro atoms. The molecule has 16 heteroatoms. The Labute approximate surface area is 374 Å². The third-order valence-electron chi connectivity index (χ3n) is 14.1. The maximum atomic E-state index is 15.6. The fourth-order valence-electron chi connectivity index (χ4n) is 10.6. The fourth-order valence-corrected chi connectivity index (χ4v) is 10.6. The van der Waals surface area contributed by atoms with Crippen molar-refractivity contribution < 1.29 is 72.5 Å². The van der Waals surface area contributed by atoms with Gasteiger partial charge in [-0.15, -0.1) is 0 Å². The highest BCUT2D eigenvalue weighted by molar-refractivity contribution is 5.96. The van der Waals surface area contributed by atoms with Gasteiger partial charge in [0.05, 0.1) is 35.6 Å². The largest absolute Gasteiger partial charge is 0.489 e. The van der Waals surface area contributed by atoms with E-state index in [1.807, 2.05) is 0 Å². The highest BCUT2D eigenvalue weighted by Crippen LogP contribution is 2.64. The van der Waals surface area contributed by atoms with Crippen molar-refractivity contribution in [2.45, 2.75) is 101 Å². The van der Waals surface area contributed by atoms with Crippen molar-refractivity contribution in [1.29, 1.82) is 0 Å². The number of carbonyl (C=O) groups excluding carboxylic acids is 6. The lowest BCUT2D eigenvalue weighted by atomic mass is 9.44. The molecule has 2 saturated carbocycles. The van der Waals surface area contributed by atoms with Crippen LogP contribution in [0.2, 0.25) is 0 Å². The van der Waals surface area contributed by atoms with Gasteiger partial charge in [0.1, 0.15) is 36.3 Å². The number of Topliss-reactive ketones (excluding diaryl/α,β-unsaturated/α-hetero) is 1. The van der Waals surface area contributed by atoms with Crippen LogP contribution in [0.1, 0.15) is 79.8 Å². The number of hydrogen-bond acceptors (Lipinski definition) is 15. The summed E-state index contributed by atoms with van der Waals surface area (Å²) in [7, 11) is 0. The van der Waals surface area contributed by atoms with Crippen LogP contribution in [0.25, 0.3) is 0 Å². The van der Waals surface area contributed by atoms with Crippen LogP contribution in [0.5, 0.6) is 5.75 Å². The van der Waals surface area contributed by atoms with Gasteiger partial charge in [-0.05, 0) is 61.4 Å². The van der Waals surface area contributed by atoms with Crippen LogP contribution in [0.4, 0.5) is 0 Å². The normalized spacial score (nSPS) is 34.1. The van der Waals surface area contributed by atoms with E-state index in [0.717, 1.165) is 13.0 Å². The maximum Gasteiger partial charge on any atom is 0.338 e. The van der Waals surface area contributed by atoms with E-state index in [1.54, 1.807) is 68.4 Å². The topological polar surface area (TPSA) is 231 Å². The molecule has 3 aliphatic carbocycles. The Morgan fingerprint density at radius 3 is 2.15 bits per heavy atom. The second kappa shape index (κ2) is 17.0. The first kappa shape index (κ1) is 45.4. The molecular weight excluding hydrogens is 843 g/mol. The Kier molecular flexibility index (Phi) is 11.9. The summed E-state index contributed by atoms with van der Waals surface area (Å²) >= 11 is 0. The predicted molar refractivity (Wildman–Crippen MR) is 227 cm³/mol. The molecule has 8 rings (SSSR count). The van der Waals surface area contributed by atoms with Gasteiger partial charge in [0.2, 0.25) is 0 Å².